The molecule has 1 aromatic rings. The fourth-order valence-electron chi connectivity index (χ4n) is 3.56. The number of carbonyl (C=O) groups is 1. The zero-order valence-corrected chi connectivity index (χ0v) is 14.1. The molecular weight excluding hydrogens is 288 g/mol. The van der Waals surface area contributed by atoms with E-state index < -0.39 is 0 Å². The molecule has 0 aliphatic carbocycles. The number of likely N-dealkylation sites (tertiary alicyclic amines) is 1. The van der Waals surface area contributed by atoms with E-state index in [9.17, 15) is 4.79 Å². The maximum absolute atomic E-state index is 12.2. The van der Waals surface area contributed by atoms with E-state index in [4.69, 9.17) is 4.74 Å². The van der Waals surface area contributed by atoms with E-state index in [0.717, 1.165) is 61.9 Å². The summed E-state index contributed by atoms with van der Waals surface area (Å²) in [4.78, 5) is 14.8. The van der Waals surface area contributed by atoms with Crippen molar-refractivity contribution in [3.05, 3.63) is 29.3 Å². The summed E-state index contributed by atoms with van der Waals surface area (Å²) in [6.07, 6.45) is 7.15. The van der Waals surface area contributed by atoms with Crippen molar-refractivity contribution in [1.29, 1.82) is 0 Å². The van der Waals surface area contributed by atoms with Crippen LogP contribution in [0.5, 0.6) is 5.75 Å². The Balaban J connectivity index is 1.36. The van der Waals surface area contributed by atoms with Crippen molar-refractivity contribution in [3.63, 3.8) is 0 Å². The van der Waals surface area contributed by atoms with Gasteiger partial charge in [0.15, 0.2) is 0 Å². The molecule has 3 rings (SSSR count). The van der Waals surface area contributed by atoms with Gasteiger partial charge >= 0.3 is 0 Å². The molecule has 2 heterocycles. The third-order valence-electron chi connectivity index (χ3n) is 5.05. The van der Waals surface area contributed by atoms with Gasteiger partial charge in [-0.2, -0.15) is 0 Å². The fourth-order valence-corrected chi connectivity index (χ4v) is 3.56. The minimum absolute atomic E-state index is 0.0334. The van der Waals surface area contributed by atoms with Crippen molar-refractivity contribution in [2.24, 2.45) is 0 Å². The largest absolute Gasteiger partial charge is 0.493 e. The molecule has 2 aliphatic rings. The standard InChI is InChI=1S/C19H28N2O2/c1-15-6-2-4-11-21(15)12-5-3-10-20-19(22)17-7-8-18-16(14-17)9-13-23-18/h7-8,14-15H,2-6,9-13H2,1H3,(H,20,22)/t15-/m0/s1. The third kappa shape index (κ3) is 4.25. The second-order valence-electron chi connectivity index (χ2n) is 6.76. The summed E-state index contributed by atoms with van der Waals surface area (Å²) in [5.74, 6) is 0.961. The molecule has 0 spiro atoms. The van der Waals surface area contributed by atoms with Crippen LogP contribution in [0.4, 0.5) is 0 Å². The van der Waals surface area contributed by atoms with Crippen LogP contribution in [0.1, 0.15) is 54.9 Å². The van der Waals surface area contributed by atoms with Gasteiger partial charge in [-0.25, -0.2) is 0 Å². The van der Waals surface area contributed by atoms with Gasteiger partial charge in [0.05, 0.1) is 6.61 Å². The minimum atomic E-state index is 0.0334. The van der Waals surface area contributed by atoms with Crippen LogP contribution in [0.2, 0.25) is 0 Å². The molecule has 0 saturated carbocycles. The molecule has 0 aromatic heterocycles. The quantitative estimate of drug-likeness (QED) is 0.820. The van der Waals surface area contributed by atoms with Crippen molar-refractivity contribution in [2.75, 3.05) is 26.2 Å². The van der Waals surface area contributed by atoms with Gasteiger partial charge < -0.3 is 15.0 Å². The first kappa shape index (κ1) is 16.3. The molecule has 1 N–H and O–H groups in total. The lowest BCUT2D eigenvalue weighted by Crippen LogP contribution is -2.38. The van der Waals surface area contributed by atoms with E-state index in [1.807, 2.05) is 18.2 Å². The first-order valence-corrected chi connectivity index (χ1v) is 9.02. The number of nitrogens with one attached hydrogen (secondary N) is 1. The summed E-state index contributed by atoms with van der Waals surface area (Å²) in [6.45, 7) is 6.22. The van der Waals surface area contributed by atoms with Gasteiger partial charge in [-0.15, -0.1) is 0 Å². The molecular formula is C19H28N2O2. The van der Waals surface area contributed by atoms with Gasteiger partial charge in [0.1, 0.15) is 5.75 Å². The molecule has 1 aromatic carbocycles. The maximum Gasteiger partial charge on any atom is 0.251 e. The molecule has 126 valence electrons. The van der Waals surface area contributed by atoms with Crippen LogP contribution >= 0.6 is 0 Å². The zero-order chi connectivity index (χ0) is 16.1. The van der Waals surface area contributed by atoms with Crippen LogP contribution in [-0.4, -0.2) is 43.1 Å². The van der Waals surface area contributed by atoms with Gasteiger partial charge in [0, 0.05) is 24.6 Å². The fraction of sp³-hybridized carbons (Fsp3) is 0.632. The van der Waals surface area contributed by atoms with Crippen molar-refractivity contribution in [3.8, 4) is 5.75 Å². The normalized spacial score (nSPS) is 20.8. The smallest absolute Gasteiger partial charge is 0.251 e. The number of hydrogen-bond acceptors (Lipinski definition) is 3. The summed E-state index contributed by atoms with van der Waals surface area (Å²) < 4.78 is 5.48. The lowest BCUT2D eigenvalue weighted by atomic mass is 10.0. The highest BCUT2D eigenvalue weighted by atomic mass is 16.5. The SMILES string of the molecule is C[C@H]1CCCCN1CCCCNC(=O)c1ccc2c(c1)CCO2. The molecule has 1 fully saturated rings. The minimum Gasteiger partial charge on any atom is -0.493 e. The summed E-state index contributed by atoms with van der Waals surface area (Å²) in [5.41, 5.74) is 1.90. The monoisotopic (exact) mass is 316 g/mol. The second-order valence-corrected chi connectivity index (χ2v) is 6.76. The molecule has 23 heavy (non-hydrogen) atoms. The van der Waals surface area contributed by atoms with E-state index in [2.05, 4.69) is 17.1 Å². The van der Waals surface area contributed by atoms with E-state index in [-0.39, 0.29) is 5.91 Å². The number of piperidine rings is 1. The summed E-state index contributed by atoms with van der Waals surface area (Å²) in [6, 6.07) is 6.46. The van der Waals surface area contributed by atoms with Crippen molar-refractivity contribution in [2.45, 2.75) is 51.5 Å². The van der Waals surface area contributed by atoms with E-state index in [0.29, 0.717) is 0 Å². The molecule has 4 heteroatoms. The van der Waals surface area contributed by atoms with E-state index in [1.54, 1.807) is 0 Å². The lowest BCUT2D eigenvalue weighted by Gasteiger charge is -2.33. The summed E-state index contributed by atoms with van der Waals surface area (Å²) >= 11 is 0. The van der Waals surface area contributed by atoms with E-state index >= 15 is 0 Å². The summed E-state index contributed by atoms with van der Waals surface area (Å²) in [7, 11) is 0. The van der Waals surface area contributed by atoms with Crippen LogP contribution in [0, 0.1) is 0 Å². The molecule has 1 atom stereocenters. The average molecular weight is 316 g/mol. The molecule has 1 amide bonds. The number of rotatable bonds is 6. The Kier molecular flexibility index (Phi) is 5.55. The van der Waals surface area contributed by atoms with Crippen LogP contribution in [0.3, 0.4) is 0 Å². The number of unbranched alkanes of at least 4 members (excludes halogenated alkanes) is 1. The number of ether oxygens (including phenoxy) is 1. The third-order valence-corrected chi connectivity index (χ3v) is 5.05. The predicted molar refractivity (Wildman–Crippen MR) is 92.1 cm³/mol. The zero-order valence-electron chi connectivity index (χ0n) is 14.1. The van der Waals surface area contributed by atoms with Crippen molar-refractivity contribution in [1.82, 2.24) is 10.2 Å². The van der Waals surface area contributed by atoms with Crippen LogP contribution in [0.25, 0.3) is 0 Å². The van der Waals surface area contributed by atoms with Crippen LogP contribution < -0.4 is 10.1 Å². The Morgan fingerprint density at radius 1 is 1.35 bits per heavy atom. The predicted octanol–water partition coefficient (Wildman–Crippen LogP) is 3.01. The van der Waals surface area contributed by atoms with Gasteiger partial charge in [-0.3, -0.25) is 4.79 Å². The number of nitrogens with zero attached hydrogens (tertiary/aromatic N) is 1. The number of benzene rings is 1. The topological polar surface area (TPSA) is 41.6 Å². The lowest BCUT2D eigenvalue weighted by molar-refractivity contribution is 0.0951. The van der Waals surface area contributed by atoms with Crippen LogP contribution in [0.15, 0.2) is 18.2 Å². The number of hydrogen-bond donors (Lipinski definition) is 1. The number of fused-ring (bicyclic) bond motifs is 1. The Morgan fingerprint density at radius 2 is 2.26 bits per heavy atom. The summed E-state index contributed by atoms with van der Waals surface area (Å²) in [5, 5.41) is 3.04. The number of amides is 1. The van der Waals surface area contributed by atoms with E-state index in [1.165, 1.54) is 25.8 Å². The van der Waals surface area contributed by atoms with Gasteiger partial charge in [0.2, 0.25) is 0 Å². The second kappa shape index (κ2) is 7.82. The maximum atomic E-state index is 12.2. The van der Waals surface area contributed by atoms with Crippen molar-refractivity contribution >= 4 is 5.91 Å². The molecule has 0 bridgehead atoms. The van der Waals surface area contributed by atoms with Gasteiger partial charge in [-0.05, 0) is 69.5 Å². The van der Waals surface area contributed by atoms with Gasteiger partial charge in [-0.1, -0.05) is 6.42 Å². The van der Waals surface area contributed by atoms with Crippen LogP contribution in [-0.2, 0) is 6.42 Å². The number of carbonyl (C=O) groups excluding carboxylic acids is 1. The van der Waals surface area contributed by atoms with Crippen molar-refractivity contribution < 1.29 is 9.53 Å². The Bertz CT molecular complexity index is 544. The molecule has 0 radical (unpaired) electrons. The molecule has 4 nitrogen and oxygen atoms in total. The first-order chi connectivity index (χ1) is 11.2. The highest BCUT2D eigenvalue weighted by Gasteiger charge is 2.17. The highest BCUT2D eigenvalue weighted by molar-refractivity contribution is 5.94. The van der Waals surface area contributed by atoms with Gasteiger partial charge in [0.25, 0.3) is 5.91 Å². The first-order valence-electron chi connectivity index (χ1n) is 9.02. The molecule has 1 saturated heterocycles. The Hall–Kier alpha value is -1.55. The highest BCUT2D eigenvalue weighted by Crippen LogP contribution is 2.25. The molecule has 0 unspecified atom stereocenters. The Morgan fingerprint density at radius 3 is 3.13 bits per heavy atom. The average Bonchev–Trinajstić information content (AvgIpc) is 3.03. The molecule has 2 aliphatic heterocycles. The Labute approximate surface area is 139 Å².